The van der Waals surface area contributed by atoms with Gasteiger partial charge in [-0.05, 0) is 54.5 Å². The Morgan fingerprint density at radius 1 is 1.05 bits per heavy atom. The number of fused-ring (bicyclic) bond motifs is 2. The van der Waals surface area contributed by atoms with Crippen molar-refractivity contribution in [1.29, 1.82) is 0 Å². The molecule has 7 heteroatoms. The first-order valence-corrected chi connectivity index (χ1v) is 13.5. The Balaban J connectivity index is 1.47. The number of halogens is 1. The third-order valence-corrected chi connectivity index (χ3v) is 7.92. The number of nitrogens with zero attached hydrogens (tertiary/aromatic N) is 1. The molecule has 2 aliphatic rings. The fourth-order valence-corrected chi connectivity index (χ4v) is 6.08. The van der Waals surface area contributed by atoms with Gasteiger partial charge in [0.25, 0.3) is 0 Å². The van der Waals surface area contributed by atoms with Crippen LogP contribution in [0.3, 0.4) is 0 Å². The van der Waals surface area contributed by atoms with Gasteiger partial charge in [0.1, 0.15) is 6.73 Å². The van der Waals surface area contributed by atoms with Gasteiger partial charge in [0.05, 0.1) is 29.9 Å². The monoisotopic (exact) mass is 532 g/mol. The summed E-state index contributed by atoms with van der Waals surface area (Å²) in [7, 11) is 1.57. The average molecular weight is 533 g/mol. The number of hydrogen-bond donors (Lipinski definition) is 1. The summed E-state index contributed by atoms with van der Waals surface area (Å²) in [5, 5.41) is 3.82. The van der Waals surface area contributed by atoms with Crippen LogP contribution in [0, 0.1) is 0 Å². The van der Waals surface area contributed by atoms with E-state index in [2.05, 4.69) is 5.32 Å². The SMILES string of the molecule is COCN1C(=O)[C@@]2(CCC[C@@H](OCc3ccccc3)[C@@H]2NC(=O)CCc2ccccc2)c2ccc(Cl)cc21. The van der Waals surface area contributed by atoms with Crippen LogP contribution in [0.2, 0.25) is 5.02 Å². The fraction of sp³-hybridized carbons (Fsp3) is 0.355. The maximum absolute atomic E-state index is 14.2. The lowest BCUT2D eigenvalue weighted by Crippen LogP contribution is -2.63. The molecule has 3 aromatic carbocycles. The van der Waals surface area contributed by atoms with Crippen LogP contribution in [0.25, 0.3) is 0 Å². The van der Waals surface area contributed by atoms with Gasteiger partial charge in [-0.15, -0.1) is 0 Å². The van der Waals surface area contributed by atoms with E-state index in [1.807, 2.05) is 78.9 Å². The highest BCUT2D eigenvalue weighted by Gasteiger charge is 2.59. The summed E-state index contributed by atoms with van der Waals surface area (Å²) in [4.78, 5) is 29.3. The number of methoxy groups -OCH3 is 1. The van der Waals surface area contributed by atoms with Crippen molar-refractivity contribution < 1.29 is 19.1 Å². The van der Waals surface area contributed by atoms with E-state index >= 15 is 0 Å². The smallest absolute Gasteiger partial charge is 0.241 e. The molecule has 0 unspecified atom stereocenters. The van der Waals surface area contributed by atoms with Gasteiger partial charge in [0, 0.05) is 18.6 Å². The molecule has 38 heavy (non-hydrogen) atoms. The molecular weight excluding hydrogens is 500 g/mol. The lowest BCUT2D eigenvalue weighted by atomic mass is 9.65. The molecule has 0 radical (unpaired) electrons. The molecule has 2 amide bonds. The van der Waals surface area contributed by atoms with E-state index in [1.165, 1.54) is 0 Å². The van der Waals surface area contributed by atoms with Crippen LogP contribution < -0.4 is 10.2 Å². The molecule has 1 spiro atoms. The molecule has 0 aromatic heterocycles. The first-order valence-electron chi connectivity index (χ1n) is 13.1. The number of amides is 2. The molecule has 0 bridgehead atoms. The van der Waals surface area contributed by atoms with Gasteiger partial charge in [0.15, 0.2) is 0 Å². The molecule has 0 saturated heterocycles. The second kappa shape index (κ2) is 11.7. The van der Waals surface area contributed by atoms with Crippen molar-refractivity contribution in [3.05, 3.63) is 101 Å². The Morgan fingerprint density at radius 3 is 2.47 bits per heavy atom. The summed E-state index contributed by atoms with van der Waals surface area (Å²) >= 11 is 6.36. The van der Waals surface area contributed by atoms with Crippen molar-refractivity contribution in [2.45, 2.75) is 56.3 Å². The van der Waals surface area contributed by atoms with Crippen LogP contribution in [0.1, 0.15) is 42.4 Å². The minimum atomic E-state index is -0.958. The minimum Gasteiger partial charge on any atom is -0.371 e. The van der Waals surface area contributed by atoms with Crippen molar-refractivity contribution >= 4 is 29.1 Å². The van der Waals surface area contributed by atoms with E-state index < -0.39 is 11.5 Å². The number of nitrogens with one attached hydrogen (secondary N) is 1. The first kappa shape index (κ1) is 26.4. The standard InChI is InChI=1S/C31H33ClN2O4/c1-37-21-34-26-19-24(32)15-16-25(26)31(30(34)36)18-8-13-27(38-20-23-11-6-3-7-12-23)29(31)33-28(35)17-14-22-9-4-2-5-10-22/h2-7,9-12,15-16,19,27,29H,8,13-14,17-18,20-21H2,1H3,(H,33,35)/t27-,29+,31+/m1/s1. The maximum atomic E-state index is 14.2. The second-order valence-corrected chi connectivity index (χ2v) is 10.5. The van der Waals surface area contributed by atoms with Gasteiger partial charge in [-0.3, -0.25) is 14.5 Å². The number of rotatable bonds is 9. The quantitative estimate of drug-likeness (QED) is 0.400. The number of benzene rings is 3. The Morgan fingerprint density at radius 2 is 1.76 bits per heavy atom. The second-order valence-electron chi connectivity index (χ2n) is 10.0. The molecule has 1 aliphatic carbocycles. The van der Waals surface area contributed by atoms with Gasteiger partial charge in [-0.1, -0.05) is 78.3 Å². The van der Waals surface area contributed by atoms with E-state index in [9.17, 15) is 9.59 Å². The number of aryl methyl sites for hydroxylation is 1. The van der Waals surface area contributed by atoms with Crippen molar-refractivity contribution in [3.8, 4) is 0 Å². The molecular formula is C31H33ClN2O4. The number of ether oxygens (including phenoxy) is 2. The molecule has 1 aliphatic heterocycles. The Kier molecular flexibility index (Phi) is 8.12. The Bertz CT molecular complexity index is 1270. The van der Waals surface area contributed by atoms with Crippen molar-refractivity contribution in [3.63, 3.8) is 0 Å². The number of anilines is 1. The largest absolute Gasteiger partial charge is 0.371 e. The predicted octanol–water partition coefficient (Wildman–Crippen LogP) is 5.42. The van der Waals surface area contributed by atoms with Crippen LogP contribution in [0.5, 0.6) is 0 Å². The average Bonchev–Trinajstić information content (AvgIpc) is 3.16. The van der Waals surface area contributed by atoms with E-state index in [0.29, 0.717) is 30.9 Å². The molecule has 1 heterocycles. The lowest BCUT2D eigenvalue weighted by molar-refractivity contribution is -0.133. The lowest BCUT2D eigenvalue weighted by Gasteiger charge is -2.45. The summed E-state index contributed by atoms with van der Waals surface area (Å²) in [5.41, 5.74) is 2.79. The number of carbonyl (C=O) groups excluding carboxylic acids is 2. The summed E-state index contributed by atoms with van der Waals surface area (Å²) in [6.07, 6.45) is 2.77. The minimum absolute atomic E-state index is 0.0852. The molecule has 5 rings (SSSR count). The molecule has 198 valence electrons. The van der Waals surface area contributed by atoms with Crippen molar-refractivity contribution in [2.75, 3.05) is 18.7 Å². The van der Waals surface area contributed by atoms with Crippen LogP contribution in [0.4, 0.5) is 5.69 Å². The third-order valence-electron chi connectivity index (χ3n) is 7.69. The zero-order chi connectivity index (χ0) is 26.5. The van der Waals surface area contributed by atoms with Gasteiger partial charge < -0.3 is 14.8 Å². The van der Waals surface area contributed by atoms with Crippen molar-refractivity contribution in [1.82, 2.24) is 5.32 Å². The van der Waals surface area contributed by atoms with Crippen LogP contribution in [-0.4, -0.2) is 37.8 Å². The molecule has 3 aromatic rings. The van der Waals surface area contributed by atoms with E-state index in [-0.39, 0.29) is 24.6 Å². The molecule has 1 fully saturated rings. The maximum Gasteiger partial charge on any atom is 0.241 e. The van der Waals surface area contributed by atoms with E-state index in [0.717, 1.165) is 35.2 Å². The normalized spacial score (nSPS) is 22.5. The van der Waals surface area contributed by atoms with Crippen LogP contribution >= 0.6 is 11.6 Å². The topological polar surface area (TPSA) is 67.9 Å². The highest BCUT2D eigenvalue weighted by molar-refractivity contribution is 6.31. The highest BCUT2D eigenvalue weighted by Crippen LogP contribution is 2.51. The third kappa shape index (κ3) is 5.21. The predicted molar refractivity (Wildman–Crippen MR) is 148 cm³/mol. The summed E-state index contributed by atoms with van der Waals surface area (Å²) in [6, 6.07) is 24.9. The van der Waals surface area contributed by atoms with E-state index in [4.69, 9.17) is 21.1 Å². The summed E-state index contributed by atoms with van der Waals surface area (Å²) in [5.74, 6) is -0.181. The van der Waals surface area contributed by atoms with Gasteiger partial charge in [0.2, 0.25) is 11.8 Å². The zero-order valence-corrected chi connectivity index (χ0v) is 22.3. The summed E-state index contributed by atoms with van der Waals surface area (Å²) in [6.45, 7) is 0.513. The van der Waals surface area contributed by atoms with Gasteiger partial charge >= 0.3 is 0 Å². The van der Waals surface area contributed by atoms with Crippen LogP contribution in [-0.2, 0) is 37.5 Å². The van der Waals surface area contributed by atoms with E-state index in [1.54, 1.807) is 12.0 Å². The number of carbonyl (C=O) groups is 2. The molecule has 1 saturated carbocycles. The number of hydrogen-bond acceptors (Lipinski definition) is 4. The molecule has 3 atom stereocenters. The zero-order valence-electron chi connectivity index (χ0n) is 21.6. The first-order chi connectivity index (χ1) is 18.5. The Labute approximate surface area is 228 Å². The fourth-order valence-electron chi connectivity index (χ4n) is 5.91. The Hall–Kier alpha value is -3.19. The highest BCUT2D eigenvalue weighted by atomic mass is 35.5. The molecule has 1 N–H and O–H groups in total. The van der Waals surface area contributed by atoms with Gasteiger partial charge in [-0.25, -0.2) is 0 Å². The van der Waals surface area contributed by atoms with Gasteiger partial charge in [-0.2, -0.15) is 0 Å². The molecule has 6 nitrogen and oxygen atoms in total. The summed E-state index contributed by atoms with van der Waals surface area (Å²) < 4.78 is 11.9. The van der Waals surface area contributed by atoms with Crippen molar-refractivity contribution in [2.24, 2.45) is 0 Å². The van der Waals surface area contributed by atoms with Crippen LogP contribution in [0.15, 0.2) is 78.9 Å².